The summed E-state index contributed by atoms with van der Waals surface area (Å²) in [6.07, 6.45) is 10.3. The molecule has 0 aliphatic carbocycles. The molecule has 0 spiro atoms. The number of rotatable bonds is 12. The zero-order chi connectivity index (χ0) is 20.9. The molecule has 0 fully saturated rings. The standard InChI is InChI=1S/C24H28N2O3/c25-18-20-10-13-21(14-11-20)26-24(29)22-17-19(12-15-23(22)28)9-7-5-3-1-2-4-6-8-16-27/h10-17,28H,1-9H2,(H,26,29). The molecule has 5 heteroatoms. The van der Waals surface area contributed by atoms with Crippen LogP contribution in [-0.4, -0.2) is 17.3 Å². The summed E-state index contributed by atoms with van der Waals surface area (Å²) in [4.78, 5) is 22.8. The fourth-order valence-electron chi connectivity index (χ4n) is 3.19. The number of nitrogens with zero attached hydrogens (tertiary/aromatic N) is 1. The summed E-state index contributed by atoms with van der Waals surface area (Å²) in [5.41, 5.74) is 2.38. The molecular formula is C24H28N2O3. The van der Waals surface area contributed by atoms with Gasteiger partial charge in [-0.1, -0.05) is 38.2 Å². The first-order valence-corrected chi connectivity index (χ1v) is 10.2. The second-order valence-corrected chi connectivity index (χ2v) is 7.17. The van der Waals surface area contributed by atoms with Gasteiger partial charge in [-0.15, -0.1) is 0 Å². The van der Waals surface area contributed by atoms with Crippen LogP contribution in [0.15, 0.2) is 42.5 Å². The van der Waals surface area contributed by atoms with Crippen molar-refractivity contribution in [3.05, 3.63) is 59.2 Å². The molecule has 5 nitrogen and oxygen atoms in total. The third kappa shape index (κ3) is 7.79. The fraction of sp³-hybridized carbons (Fsp3) is 0.375. The van der Waals surface area contributed by atoms with E-state index in [1.54, 1.807) is 36.4 Å². The number of unbranched alkanes of at least 4 members (excludes halogenated alkanes) is 7. The Morgan fingerprint density at radius 3 is 2.28 bits per heavy atom. The van der Waals surface area contributed by atoms with Crippen LogP contribution in [-0.2, 0) is 11.2 Å². The molecule has 2 rings (SSSR count). The molecule has 0 saturated heterocycles. The topological polar surface area (TPSA) is 90.2 Å². The van der Waals surface area contributed by atoms with Gasteiger partial charge in [0.05, 0.1) is 17.2 Å². The third-order valence-corrected chi connectivity index (χ3v) is 4.86. The molecule has 2 aromatic carbocycles. The minimum atomic E-state index is -0.371. The molecule has 0 heterocycles. The molecular weight excluding hydrogens is 364 g/mol. The molecule has 2 N–H and O–H groups in total. The highest BCUT2D eigenvalue weighted by atomic mass is 16.3. The Balaban J connectivity index is 1.80. The van der Waals surface area contributed by atoms with E-state index in [1.165, 1.54) is 19.3 Å². The Morgan fingerprint density at radius 1 is 0.966 bits per heavy atom. The highest BCUT2D eigenvalue weighted by Crippen LogP contribution is 2.22. The Morgan fingerprint density at radius 2 is 1.62 bits per heavy atom. The number of amides is 1. The molecule has 0 aromatic heterocycles. The Kier molecular flexibility index (Phi) is 9.44. The first-order valence-electron chi connectivity index (χ1n) is 10.2. The lowest BCUT2D eigenvalue weighted by Gasteiger charge is -2.09. The summed E-state index contributed by atoms with van der Waals surface area (Å²) in [7, 11) is 0. The van der Waals surface area contributed by atoms with E-state index >= 15 is 0 Å². The molecule has 2 aromatic rings. The van der Waals surface area contributed by atoms with Crippen LogP contribution in [0.3, 0.4) is 0 Å². The second-order valence-electron chi connectivity index (χ2n) is 7.17. The second kappa shape index (κ2) is 12.4. The van der Waals surface area contributed by atoms with Crippen molar-refractivity contribution in [2.45, 2.75) is 57.8 Å². The Labute approximate surface area is 172 Å². The molecule has 152 valence electrons. The van der Waals surface area contributed by atoms with Gasteiger partial charge in [0.1, 0.15) is 12.0 Å². The summed E-state index contributed by atoms with van der Waals surface area (Å²) >= 11 is 0. The number of carbonyl (C=O) groups excluding carboxylic acids is 2. The van der Waals surface area contributed by atoms with Crippen molar-refractivity contribution in [3.63, 3.8) is 0 Å². The zero-order valence-corrected chi connectivity index (χ0v) is 16.7. The number of carbonyl (C=O) groups is 2. The van der Waals surface area contributed by atoms with E-state index in [1.807, 2.05) is 12.1 Å². The fourth-order valence-corrected chi connectivity index (χ4v) is 3.19. The van der Waals surface area contributed by atoms with Gasteiger partial charge in [-0.2, -0.15) is 5.26 Å². The number of hydrogen-bond donors (Lipinski definition) is 2. The van der Waals surface area contributed by atoms with Crippen molar-refractivity contribution >= 4 is 17.9 Å². The van der Waals surface area contributed by atoms with Gasteiger partial charge in [-0.3, -0.25) is 4.79 Å². The van der Waals surface area contributed by atoms with Crippen molar-refractivity contribution in [1.29, 1.82) is 5.26 Å². The van der Waals surface area contributed by atoms with Crippen LogP contribution in [0, 0.1) is 11.3 Å². The number of aldehydes is 1. The van der Waals surface area contributed by atoms with Crippen molar-refractivity contribution in [2.75, 3.05) is 5.32 Å². The smallest absolute Gasteiger partial charge is 0.259 e. The first kappa shape index (κ1) is 22.2. The number of benzene rings is 2. The van der Waals surface area contributed by atoms with Gasteiger partial charge in [0, 0.05) is 12.1 Å². The summed E-state index contributed by atoms with van der Waals surface area (Å²) in [6, 6.07) is 13.8. The molecule has 29 heavy (non-hydrogen) atoms. The van der Waals surface area contributed by atoms with E-state index in [9.17, 15) is 14.7 Å². The predicted molar refractivity (Wildman–Crippen MR) is 114 cm³/mol. The quantitative estimate of drug-likeness (QED) is 0.375. The van der Waals surface area contributed by atoms with E-state index in [2.05, 4.69) is 5.32 Å². The van der Waals surface area contributed by atoms with Crippen LogP contribution >= 0.6 is 0 Å². The SMILES string of the molecule is N#Cc1ccc(NC(=O)c2cc(CCCCCCCCCC=O)ccc2O)cc1. The molecule has 0 aliphatic heterocycles. The molecule has 0 saturated carbocycles. The van der Waals surface area contributed by atoms with E-state index in [-0.39, 0.29) is 17.2 Å². The monoisotopic (exact) mass is 392 g/mol. The van der Waals surface area contributed by atoms with Crippen molar-refractivity contribution in [2.24, 2.45) is 0 Å². The molecule has 0 aliphatic rings. The van der Waals surface area contributed by atoms with Gasteiger partial charge < -0.3 is 15.2 Å². The third-order valence-electron chi connectivity index (χ3n) is 4.86. The number of nitriles is 1. The minimum Gasteiger partial charge on any atom is -0.507 e. The van der Waals surface area contributed by atoms with E-state index in [4.69, 9.17) is 5.26 Å². The van der Waals surface area contributed by atoms with Crippen molar-refractivity contribution < 1.29 is 14.7 Å². The molecule has 0 unspecified atom stereocenters. The summed E-state index contributed by atoms with van der Waals surface area (Å²) in [5.74, 6) is -0.417. The average Bonchev–Trinajstić information content (AvgIpc) is 2.74. The van der Waals surface area contributed by atoms with E-state index < -0.39 is 0 Å². The van der Waals surface area contributed by atoms with Crippen molar-refractivity contribution in [3.8, 4) is 11.8 Å². The average molecular weight is 392 g/mol. The van der Waals surface area contributed by atoms with Crippen LogP contribution in [0.25, 0.3) is 0 Å². The van der Waals surface area contributed by atoms with Gasteiger partial charge in [-0.25, -0.2) is 0 Å². The van der Waals surface area contributed by atoms with Crippen molar-refractivity contribution in [1.82, 2.24) is 0 Å². The highest BCUT2D eigenvalue weighted by Gasteiger charge is 2.12. The summed E-state index contributed by atoms with van der Waals surface area (Å²) in [5, 5.41) is 21.7. The lowest BCUT2D eigenvalue weighted by atomic mass is 10.0. The molecule has 0 atom stereocenters. The Bertz CT molecular complexity index is 838. The van der Waals surface area contributed by atoms with Crippen LogP contribution < -0.4 is 5.32 Å². The number of anilines is 1. The molecule has 0 radical (unpaired) electrons. The van der Waals surface area contributed by atoms with Gasteiger partial charge in [0.25, 0.3) is 5.91 Å². The Hall–Kier alpha value is -3.13. The number of phenolic OH excluding ortho intramolecular Hbond substituents is 1. The summed E-state index contributed by atoms with van der Waals surface area (Å²) in [6.45, 7) is 0. The van der Waals surface area contributed by atoms with E-state index in [0.29, 0.717) is 17.7 Å². The lowest BCUT2D eigenvalue weighted by molar-refractivity contribution is -0.107. The minimum absolute atomic E-state index is 0.0461. The van der Waals surface area contributed by atoms with E-state index in [0.717, 1.165) is 44.0 Å². The maximum atomic E-state index is 12.5. The number of aryl methyl sites for hydroxylation is 1. The van der Waals surface area contributed by atoms with Gasteiger partial charge in [0.2, 0.25) is 0 Å². The normalized spacial score (nSPS) is 10.3. The highest BCUT2D eigenvalue weighted by molar-refractivity contribution is 6.06. The number of phenols is 1. The van der Waals surface area contributed by atoms with Gasteiger partial charge in [0.15, 0.2) is 0 Å². The lowest BCUT2D eigenvalue weighted by Crippen LogP contribution is -2.12. The predicted octanol–water partition coefficient (Wildman–Crippen LogP) is 5.38. The maximum Gasteiger partial charge on any atom is 0.259 e. The van der Waals surface area contributed by atoms with Crippen LogP contribution in [0.4, 0.5) is 5.69 Å². The van der Waals surface area contributed by atoms with Crippen LogP contribution in [0.5, 0.6) is 5.75 Å². The number of aromatic hydroxyl groups is 1. The number of nitrogens with one attached hydrogen (secondary N) is 1. The zero-order valence-electron chi connectivity index (χ0n) is 16.7. The van der Waals surface area contributed by atoms with Gasteiger partial charge in [-0.05, 0) is 61.2 Å². The van der Waals surface area contributed by atoms with Crippen LogP contribution in [0.1, 0.15) is 72.9 Å². The summed E-state index contributed by atoms with van der Waals surface area (Å²) < 4.78 is 0. The largest absolute Gasteiger partial charge is 0.507 e. The van der Waals surface area contributed by atoms with Gasteiger partial charge >= 0.3 is 0 Å². The first-order chi connectivity index (χ1) is 14.1. The molecule has 0 bridgehead atoms. The maximum absolute atomic E-state index is 12.5. The van der Waals surface area contributed by atoms with Crippen LogP contribution in [0.2, 0.25) is 0 Å². The molecule has 1 amide bonds. The number of hydrogen-bond acceptors (Lipinski definition) is 4.